The lowest BCUT2D eigenvalue weighted by Gasteiger charge is -2.24. The fourth-order valence-electron chi connectivity index (χ4n) is 8.08. The molecular weight excluding hydrogens is 705 g/mol. The lowest BCUT2D eigenvalue weighted by atomic mass is 9.81. The number of halogens is 2. The summed E-state index contributed by atoms with van der Waals surface area (Å²) in [4.78, 5) is 14.1. The Bertz CT molecular complexity index is 2900. The van der Waals surface area contributed by atoms with Crippen molar-refractivity contribution in [1.82, 2.24) is 15.0 Å². The van der Waals surface area contributed by atoms with Crippen molar-refractivity contribution in [3.05, 3.63) is 144 Å². The molecule has 8 bridgehead atoms. The predicted octanol–water partition coefficient (Wildman–Crippen LogP) is 14.6. The summed E-state index contributed by atoms with van der Waals surface area (Å²) in [5.74, 6) is -1.25. The molecular formula is C52H47F2N3. The fraction of sp³-hybridized carbons (Fsp3) is 0.231. The van der Waals surface area contributed by atoms with Crippen molar-refractivity contribution in [3.63, 3.8) is 0 Å². The zero-order valence-corrected chi connectivity index (χ0v) is 34.1. The van der Waals surface area contributed by atoms with E-state index < -0.39 is 11.6 Å². The van der Waals surface area contributed by atoms with Crippen LogP contribution in [0.4, 0.5) is 8.78 Å². The van der Waals surface area contributed by atoms with E-state index in [2.05, 4.69) is 110 Å². The number of nitrogens with one attached hydrogen (secondary N) is 1. The molecule has 8 aromatic rings. The van der Waals surface area contributed by atoms with Gasteiger partial charge in [-0.25, -0.2) is 18.7 Å². The van der Waals surface area contributed by atoms with Crippen molar-refractivity contribution in [3.8, 4) is 67.3 Å². The molecule has 1 N–H and O–H groups in total. The summed E-state index contributed by atoms with van der Waals surface area (Å²) >= 11 is 0. The van der Waals surface area contributed by atoms with Gasteiger partial charge in [0.2, 0.25) is 0 Å². The van der Waals surface area contributed by atoms with Crippen molar-refractivity contribution in [2.24, 2.45) is 0 Å². The average Bonchev–Trinajstić information content (AvgIpc) is 3.55. The van der Waals surface area contributed by atoms with E-state index in [9.17, 15) is 0 Å². The molecule has 9 rings (SSSR count). The van der Waals surface area contributed by atoms with Crippen molar-refractivity contribution >= 4 is 21.8 Å². The lowest BCUT2D eigenvalue weighted by Crippen LogP contribution is -2.12. The Morgan fingerprint density at radius 1 is 0.404 bits per heavy atom. The van der Waals surface area contributed by atoms with Gasteiger partial charge in [0, 0.05) is 38.6 Å². The zero-order chi connectivity index (χ0) is 40.2. The minimum absolute atomic E-state index is 0.129. The Balaban J connectivity index is 1.54. The van der Waals surface area contributed by atoms with Gasteiger partial charge in [0.25, 0.3) is 0 Å². The quantitative estimate of drug-likeness (QED) is 0.191. The number of hydrogen-bond acceptors (Lipinski definition) is 2. The molecule has 0 amide bonds. The van der Waals surface area contributed by atoms with Gasteiger partial charge in [0.1, 0.15) is 11.4 Å². The highest BCUT2D eigenvalue weighted by Gasteiger charge is 2.29. The molecule has 0 saturated carbocycles. The van der Waals surface area contributed by atoms with Gasteiger partial charge in [-0.3, -0.25) is 0 Å². The molecule has 0 atom stereocenters. The predicted molar refractivity (Wildman–Crippen MR) is 234 cm³/mol. The van der Waals surface area contributed by atoms with Crippen molar-refractivity contribution in [1.29, 1.82) is 0 Å². The number of fused-ring (bicyclic) bond motifs is 11. The van der Waals surface area contributed by atoms with Crippen molar-refractivity contribution in [2.75, 3.05) is 0 Å². The summed E-state index contributed by atoms with van der Waals surface area (Å²) < 4.78 is 34.9. The maximum absolute atomic E-state index is 17.4. The van der Waals surface area contributed by atoms with Gasteiger partial charge in [-0.05, 0) is 98.2 Å². The van der Waals surface area contributed by atoms with E-state index in [1.807, 2.05) is 66.7 Å². The molecule has 1 aliphatic heterocycles. The molecule has 57 heavy (non-hydrogen) atoms. The number of H-pyrrole nitrogens is 1. The molecule has 1 aliphatic rings. The first kappa shape index (κ1) is 36.7. The van der Waals surface area contributed by atoms with Crippen LogP contribution in [0.1, 0.15) is 79.0 Å². The number of nitrogens with zero attached hydrogens (tertiary/aromatic N) is 2. The number of hydrogen-bond donors (Lipinski definition) is 1. The standard InChI is InChI=1S/C52H47F2N3/c1-50(2,3)33-21-31-20-32(22-33)42-27-36(29-16-12-10-13-17-29)44(53)48(55-42)49-45(54)37(30-18-14-11-15-19-30)28-43(56-49)41-26-35(52(7,8)9)25-40-39-24-34(51(4,5)6)23-38(31)46(39)57-47(40)41/h10-28,57H,1-9H3. The second-order valence-electron chi connectivity index (χ2n) is 18.7. The first-order valence-corrected chi connectivity index (χ1v) is 19.8. The largest absolute Gasteiger partial charge is 0.353 e. The summed E-state index contributed by atoms with van der Waals surface area (Å²) in [5.41, 5.74) is 11.3. The fourth-order valence-corrected chi connectivity index (χ4v) is 8.08. The smallest absolute Gasteiger partial charge is 0.159 e. The van der Waals surface area contributed by atoms with Gasteiger partial charge < -0.3 is 4.98 Å². The van der Waals surface area contributed by atoms with Gasteiger partial charge in [-0.2, -0.15) is 0 Å². The molecule has 284 valence electrons. The number of rotatable bonds is 2. The molecule has 0 unspecified atom stereocenters. The van der Waals surface area contributed by atoms with Crippen LogP contribution in [0, 0.1) is 11.6 Å². The van der Waals surface area contributed by atoms with Crippen LogP contribution in [0.25, 0.3) is 89.1 Å². The average molecular weight is 752 g/mol. The number of aromatic amines is 1. The summed E-state index contributed by atoms with van der Waals surface area (Å²) in [6, 6.07) is 38.2. The molecule has 0 aliphatic carbocycles. The zero-order valence-electron chi connectivity index (χ0n) is 34.1. The SMILES string of the molecule is CC(C)(C)c1cc2cc(c1)-c1cc(C(C)(C)C)cc3c1[nH]c1c(cc(C(C)(C)C)cc13)-c1cc(-c3ccccc3)c(F)c(n1)-c1nc-2cc(-c2ccccc2)c1F. The summed E-state index contributed by atoms with van der Waals surface area (Å²) in [6.45, 7) is 20.0. The molecule has 5 aromatic carbocycles. The second-order valence-corrected chi connectivity index (χ2v) is 18.7. The van der Waals surface area contributed by atoms with Gasteiger partial charge in [0.15, 0.2) is 11.6 Å². The first-order chi connectivity index (χ1) is 27.0. The topological polar surface area (TPSA) is 41.6 Å². The third-order valence-corrected chi connectivity index (χ3v) is 11.5. The van der Waals surface area contributed by atoms with Crippen LogP contribution < -0.4 is 0 Å². The highest BCUT2D eigenvalue weighted by molar-refractivity contribution is 6.16. The number of pyridine rings is 2. The normalized spacial score (nSPS) is 12.8. The third kappa shape index (κ3) is 6.25. The number of benzene rings is 5. The third-order valence-electron chi connectivity index (χ3n) is 11.5. The van der Waals surface area contributed by atoms with Crippen LogP contribution in [0.3, 0.4) is 0 Å². The Morgan fingerprint density at radius 2 is 0.825 bits per heavy atom. The molecule has 3 aromatic heterocycles. The summed E-state index contributed by atoms with van der Waals surface area (Å²) in [6.07, 6.45) is 0. The Morgan fingerprint density at radius 3 is 1.33 bits per heavy atom. The molecule has 3 nitrogen and oxygen atoms in total. The minimum atomic E-state index is -0.624. The first-order valence-electron chi connectivity index (χ1n) is 19.8. The van der Waals surface area contributed by atoms with E-state index in [0.29, 0.717) is 33.6 Å². The van der Waals surface area contributed by atoms with E-state index in [0.717, 1.165) is 55.2 Å². The molecule has 0 fully saturated rings. The Kier molecular flexibility index (Phi) is 8.23. The van der Waals surface area contributed by atoms with Crippen molar-refractivity contribution in [2.45, 2.75) is 78.6 Å². The highest BCUT2D eigenvalue weighted by Crippen LogP contribution is 2.46. The monoisotopic (exact) mass is 751 g/mol. The van der Waals surface area contributed by atoms with Gasteiger partial charge in [-0.15, -0.1) is 0 Å². The molecule has 5 heteroatoms. The lowest BCUT2D eigenvalue weighted by molar-refractivity contribution is 0.590. The van der Waals surface area contributed by atoms with Crippen LogP contribution in [0.15, 0.2) is 115 Å². The number of aromatic nitrogens is 3. The van der Waals surface area contributed by atoms with Gasteiger partial charge >= 0.3 is 0 Å². The molecule has 0 spiro atoms. The van der Waals surface area contributed by atoms with Crippen LogP contribution in [-0.4, -0.2) is 15.0 Å². The van der Waals surface area contributed by atoms with Crippen LogP contribution in [-0.2, 0) is 16.2 Å². The van der Waals surface area contributed by atoms with Gasteiger partial charge in [0.05, 0.1) is 22.4 Å². The molecule has 0 saturated heterocycles. The maximum atomic E-state index is 17.4. The van der Waals surface area contributed by atoms with E-state index >= 15 is 8.78 Å². The van der Waals surface area contributed by atoms with Crippen LogP contribution in [0.2, 0.25) is 0 Å². The van der Waals surface area contributed by atoms with E-state index in [1.165, 1.54) is 5.56 Å². The van der Waals surface area contributed by atoms with E-state index in [4.69, 9.17) is 9.97 Å². The Labute approximate surface area is 333 Å². The second kappa shape index (κ2) is 12.8. The summed E-state index contributed by atoms with van der Waals surface area (Å²) in [7, 11) is 0. The van der Waals surface area contributed by atoms with Crippen LogP contribution in [0.5, 0.6) is 0 Å². The highest BCUT2D eigenvalue weighted by atomic mass is 19.1. The van der Waals surface area contributed by atoms with E-state index in [-0.39, 0.29) is 27.6 Å². The maximum Gasteiger partial charge on any atom is 0.159 e. The van der Waals surface area contributed by atoms with Crippen molar-refractivity contribution < 1.29 is 8.78 Å². The minimum Gasteiger partial charge on any atom is -0.353 e. The van der Waals surface area contributed by atoms with Gasteiger partial charge in [-0.1, -0.05) is 129 Å². The molecule has 0 radical (unpaired) electrons. The Hall–Kier alpha value is -5.94. The summed E-state index contributed by atoms with van der Waals surface area (Å²) in [5, 5.41) is 2.17. The van der Waals surface area contributed by atoms with Crippen LogP contribution >= 0.6 is 0 Å². The van der Waals surface area contributed by atoms with E-state index in [1.54, 1.807) is 6.07 Å². The molecule has 4 heterocycles.